The Kier molecular flexibility index (Phi) is 3.61. The smallest absolute Gasteiger partial charge is 0.416 e. The van der Waals surface area contributed by atoms with Crippen LogP contribution in [0.4, 0.5) is 13.2 Å². The number of ether oxygens (including phenoxy) is 1. The molecule has 1 atom stereocenters. The van der Waals surface area contributed by atoms with Crippen molar-refractivity contribution >= 4 is 0 Å². The van der Waals surface area contributed by atoms with E-state index in [0.717, 1.165) is 18.6 Å². The molecule has 1 aromatic carbocycles. The molecule has 0 saturated heterocycles. The molecule has 0 spiro atoms. The van der Waals surface area contributed by atoms with Crippen LogP contribution < -0.4 is 4.74 Å². The van der Waals surface area contributed by atoms with Crippen molar-refractivity contribution in [3.8, 4) is 5.75 Å². The molecule has 0 amide bonds. The van der Waals surface area contributed by atoms with E-state index in [-0.39, 0.29) is 6.10 Å². The van der Waals surface area contributed by atoms with Crippen LogP contribution in [0.25, 0.3) is 0 Å². The summed E-state index contributed by atoms with van der Waals surface area (Å²) in [4.78, 5) is 0. The van der Waals surface area contributed by atoms with Gasteiger partial charge in [0.2, 0.25) is 0 Å². The third kappa shape index (κ3) is 3.46. The molecule has 1 nitrogen and oxygen atoms in total. The normalized spacial score (nSPS) is 13.7. The van der Waals surface area contributed by atoms with Crippen LogP contribution in [-0.4, -0.2) is 6.10 Å². The first-order valence-electron chi connectivity index (χ1n) is 4.77. The second-order valence-electron chi connectivity index (χ2n) is 3.36. The predicted molar refractivity (Wildman–Crippen MR) is 51.8 cm³/mol. The number of halogens is 3. The molecule has 4 heteroatoms. The van der Waals surface area contributed by atoms with E-state index in [1.807, 2.05) is 13.8 Å². The van der Waals surface area contributed by atoms with Crippen LogP contribution >= 0.6 is 0 Å². The van der Waals surface area contributed by atoms with E-state index in [0.29, 0.717) is 5.75 Å². The van der Waals surface area contributed by atoms with Gasteiger partial charge in [-0.25, -0.2) is 0 Å². The zero-order chi connectivity index (χ0) is 11.5. The summed E-state index contributed by atoms with van der Waals surface area (Å²) < 4.78 is 42.0. The first-order valence-corrected chi connectivity index (χ1v) is 4.77. The second kappa shape index (κ2) is 4.55. The second-order valence-corrected chi connectivity index (χ2v) is 3.36. The molecule has 0 aliphatic heterocycles. The maximum atomic E-state index is 12.2. The van der Waals surface area contributed by atoms with Crippen LogP contribution in [0.2, 0.25) is 0 Å². The Hall–Kier alpha value is -1.19. The molecule has 0 radical (unpaired) electrons. The summed E-state index contributed by atoms with van der Waals surface area (Å²) in [7, 11) is 0. The van der Waals surface area contributed by atoms with Gasteiger partial charge in [-0.05, 0) is 37.6 Å². The average molecular weight is 218 g/mol. The summed E-state index contributed by atoms with van der Waals surface area (Å²) in [6.45, 7) is 3.83. The Morgan fingerprint density at radius 3 is 2.13 bits per heavy atom. The van der Waals surface area contributed by atoms with Crippen molar-refractivity contribution < 1.29 is 17.9 Å². The first kappa shape index (κ1) is 11.9. The van der Waals surface area contributed by atoms with Gasteiger partial charge in [0.15, 0.2) is 0 Å². The lowest BCUT2D eigenvalue weighted by atomic mass is 10.2. The molecule has 15 heavy (non-hydrogen) atoms. The molecule has 1 aromatic rings. The molecule has 1 rings (SSSR count). The Labute approximate surface area is 86.9 Å². The lowest BCUT2D eigenvalue weighted by Crippen LogP contribution is -2.10. The Morgan fingerprint density at radius 2 is 1.73 bits per heavy atom. The summed E-state index contributed by atoms with van der Waals surface area (Å²) in [5.41, 5.74) is -0.654. The summed E-state index contributed by atoms with van der Waals surface area (Å²) in [5.74, 6) is 0.470. The molecule has 0 aliphatic rings. The molecular formula is C11H13F3O. The van der Waals surface area contributed by atoms with Crippen molar-refractivity contribution in [3.05, 3.63) is 29.8 Å². The van der Waals surface area contributed by atoms with E-state index in [1.165, 1.54) is 12.1 Å². The maximum absolute atomic E-state index is 12.2. The molecule has 0 N–H and O–H groups in total. The minimum absolute atomic E-state index is 0.0155. The number of hydrogen-bond acceptors (Lipinski definition) is 1. The fraction of sp³-hybridized carbons (Fsp3) is 0.455. The molecule has 0 fully saturated rings. The van der Waals surface area contributed by atoms with E-state index in [2.05, 4.69) is 0 Å². The summed E-state index contributed by atoms with van der Waals surface area (Å²) in [5, 5.41) is 0. The number of rotatable bonds is 3. The monoisotopic (exact) mass is 218 g/mol. The topological polar surface area (TPSA) is 9.23 Å². The highest BCUT2D eigenvalue weighted by Gasteiger charge is 2.30. The van der Waals surface area contributed by atoms with Gasteiger partial charge < -0.3 is 4.74 Å². The van der Waals surface area contributed by atoms with Crippen molar-refractivity contribution in [2.75, 3.05) is 0 Å². The fourth-order valence-electron chi connectivity index (χ4n) is 1.04. The first-order chi connectivity index (χ1) is 6.93. The zero-order valence-electron chi connectivity index (χ0n) is 8.64. The molecule has 0 saturated carbocycles. The van der Waals surface area contributed by atoms with Gasteiger partial charge >= 0.3 is 6.18 Å². The Bertz CT molecular complexity index is 303. The summed E-state index contributed by atoms with van der Waals surface area (Å²) in [6.07, 6.45) is -3.45. The summed E-state index contributed by atoms with van der Waals surface area (Å²) >= 11 is 0. The molecule has 0 aliphatic carbocycles. The third-order valence-corrected chi connectivity index (χ3v) is 2.09. The highest BCUT2D eigenvalue weighted by Crippen LogP contribution is 2.30. The van der Waals surface area contributed by atoms with E-state index < -0.39 is 11.7 Å². The van der Waals surface area contributed by atoms with Gasteiger partial charge in [-0.3, -0.25) is 0 Å². The fourth-order valence-corrected chi connectivity index (χ4v) is 1.04. The lowest BCUT2D eigenvalue weighted by Gasteiger charge is -2.13. The largest absolute Gasteiger partial charge is 0.491 e. The molecule has 0 heterocycles. The van der Waals surface area contributed by atoms with Crippen molar-refractivity contribution in [1.29, 1.82) is 0 Å². The van der Waals surface area contributed by atoms with Gasteiger partial charge in [0.05, 0.1) is 11.7 Å². The van der Waals surface area contributed by atoms with Crippen molar-refractivity contribution in [2.45, 2.75) is 32.5 Å². The Morgan fingerprint density at radius 1 is 1.20 bits per heavy atom. The third-order valence-electron chi connectivity index (χ3n) is 2.09. The minimum Gasteiger partial charge on any atom is -0.491 e. The highest BCUT2D eigenvalue weighted by atomic mass is 19.4. The van der Waals surface area contributed by atoms with E-state index in [9.17, 15) is 13.2 Å². The molecule has 0 bridgehead atoms. The van der Waals surface area contributed by atoms with Crippen molar-refractivity contribution in [2.24, 2.45) is 0 Å². The van der Waals surface area contributed by atoms with E-state index in [1.54, 1.807) is 0 Å². The van der Waals surface area contributed by atoms with Crippen LogP contribution in [-0.2, 0) is 6.18 Å². The van der Waals surface area contributed by atoms with Gasteiger partial charge in [0.1, 0.15) is 5.75 Å². The van der Waals surface area contributed by atoms with E-state index >= 15 is 0 Å². The lowest BCUT2D eigenvalue weighted by molar-refractivity contribution is -0.137. The highest BCUT2D eigenvalue weighted by molar-refractivity contribution is 5.28. The maximum Gasteiger partial charge on any atom is 0.416 e. The van der Waals surface area contributed by atoms with Crippen molar-refractivity contribution in [3.63, 3.8) is 0 Å². The zero-order valence-corrected chi connectivity index (χ0v) is 8.64. The number of alkyl halides is 3. The SMILES string of the molecule is CC[C@@H](C)Oc1ccc(C(F)(F)F)cc1. The quantitative estimate of drug-likeness (QED) is 0.748. The van der Waals surface area contributed by atoms with Crippen LogP contribution in [0.3, 0.4) is 0 Å². The van der Waals surface area contributed by atoms with Gasteiger partial charge in [0, 0.05) is 0 Å². The Balaban J connectivity index is 2.73. The predicted octanol–water partition coefficient (Wildman–Crippen LogP) is 3.88. The molecule has 84 valence electrons. The van der Waals surface area contributed by atoms with Gasteiger partial charge in [-0.15, -0.1) is 0 Å². The molecule has 0 unspecified atom stereocenters. The number of benzene rings is 1. The van der Waals surface area contributed by atoms with Crippen molar-refractivity contribution in [1.82, 2.24) is 0 Å². The van der Waals surface area contributed by atoms with Gasteiger partial charge in [-0.2, -0.15) is 13.2 Å². The van der Waals surface area contributed by atoms with E-state index in [4.69, 9.17) is 4.74 Å². The minimum atomic E-state index is -4.28. The average Bonchev–Trinajstić information content (AvgIpc) is 2.17. The van der Waals surface area contributed by atoms with Crippen LogP contribution in [0.15, 0.2) is 24.3 Å². The summed E-state index contributed by atoms with van der Waals surface area (Å²) in [6, 6.07) is 4.74. The van der Waals surface area contributed by atoms with Gasteiger partial charge in [-0.1, -0.05) is 6.92 Å². The van der Waals surface area contributed by atoms with Crippen LogP contribution in [0, 0.1) is 0 Å². The van der Waals surface area contributed by atoms with Crippen LogP contribution in [0.1, 0.15) is 25.8 Å². The molecular weight excluding hydrogens is 205 g/mol. The number of hydrogen-bond donors (Lipinski definition) is 0. The van der Waals surface area contributed by atoms with Crippen LogP contribution in [0.5, 0.6) is 5.75 Å². The standard InChI is InChI=1S/C11H13F3O/c1-3-8(2)15-10-6-4-9(5-7-10)11(12,13)14/h4-8H,3H2,1-2H3/t8-/m1/s1. The molecule has 0 aromatic heterocycles. The van der Waals surface area contributed by atoms with Gasteiger partial charge in [0.25, 0.3) is 0 Å².